The Morgan fingerprint density at radius 1 is 1.08 bits per heavy atom. The standard InChI is InChI=1S/C20H22N2O2/c1-4-23-19-13-15(9-10-18(19)24-12-11-14(2)3)20-21-16-7-5-6-8-17(16)22-20/h5-11,13H,4,12H2,1-3H3,(H,21,22). The first-order valence-corrected chi connectivity index (χ1v) is 8.15. The molecule has 2 aromatic carbocycles. The van der Waals surface area contributed by atoms with Crippen molar-refractivity contribution in [2.24, 2.45) is 0 Å². The number of aromatic amines is 1. The number of aromatic nitrogens is 2. The summed E-state index contributed by atoms with van der Waals surface area (Å²) in [6.07, 6.45) is 2.04. The van der Waals surface area contributed by atoms with Crippen molar-refractivity contribution in [3.8, 4) is 22.9 Å². The van der Waals surface area contributed by atoms with Crippen molar-refractivity contribution in [1.29, 1.82) is 0 Å². The minimum Gasteiger partial charge on any atom is -0.490 e. The molecule has 0 atom stereocenters. The van der Waals surface area contributed by atoms with Crippen molar-refractivity contribution in [1.82, 2.24) is 9.97 Å². The highest BCUT2D eigenvalue weighted by Gasteiger charge is 2.10. The van der Waals surface area contributed by atoms with Crippen molar-refractivity contribution < 1.29 is 9.47 Å². The van der Waals surface area contributed by atoms with Gasteiger partial charge in [0.1, 0.15) is 12.4 Å². The molecule has 3 aromatic rings. The van der Waals surface area contributed by atoms with E-state index in [0.717, 1.165) is 33.9 Å². The molecule has 0 radical (unpaired) electrons. The van der Waals surface area contributed by atoms with Crippen molar-refractivity contribution in [3.05, 3.63) is 54.1 Å². The molecule has 0 fully saturated rings. The Labute approximate surface area is 142 Å². The first-order valence-electron chi connectivity index (χ1n) is 8.15. The molecule has 0 spiro atoms. The maximum atomic E-state index is 5.82. The van der Waals surface area contributed by atoms with Gasteiger partial charge in [-0.25, -0.2) is 4.98 Å². The lowest BCUT2D eigenvalue weighted by Crippen LogP contribution is -2.00. The zero-order valence-corrected chi connectivity index (χ0v) is 14.3. The largest absolute Gasteiger partial charge is 0.490 e. The molecule has 124 valence electrons. The van der Waals surface area contributed by atoms with Crippen LogP contribution in [0.2, 0.25) is 0 Å². The van der Waals surface area contributed by atoms with Crippen LogP contribution in [0.3, 0.4) is 0 Å². The first-order chi connectivity index (χ1) is 11.7. The van der Waals surface area contributed by atoms with Gasteiger partial charge in [-0.15, -0.1) is 0 Å². The Hall–Kier alpha value is -2.75. The van der Waals surface area contributed by atoms with Gasteiger partial charge in [-0.1, -0.05) is 17.7 Å². The van der Waals surface area contributed by atoms with Crippen LogP contribution in [0.1, 0.15) is 20.8 Å². The van der Waals surface area contributed by atoms with E-state index in [9.17, 15) is 0 Å². The van der Waals surface area contributed by atoms with Crippen LogP contribution in [0.5, 0.6) is 11.5 Å². The van der Waals surface area contributed by atoms with E-state index in [4.69, 9.17) is 9.47 Å². The molecule has 4 nitrogen and oxygen atoms in total. The van der Waals surface area contributed by atoms with Crippen molar-refractivity contribution >= 4 is 11.0 Å². The molecule has 0 aliphatic carbocycles. The molecule has 0 unspecified atom stereocenters. The van der Waals surface area contributed by atoms with Crippen LogP contribution in [0.25, 0.3) is 22.4 Å². The molecule has 0 aliphatic heterocycles. The van der Waals surface area contributed by atoms with Gasteiger partial charge in [-0.3, -0.25) is 0 Å². The number of allylic oxidation sites excluding steroid dienone is 1. The smallest absolute Gasteiger partial charge is 0.161 e. The van der Waals surface area contributed by atoms with Gasteiger partial charge in [0.25, 0.3) is 0 Å². The summed E-state index contributed by atoms with van der Waals surface area (Å²) in [5.41, 5.74) is 4.18. The van der Waals surface area contributed by atoms with E-state index < -0.39 is 0 Å². The highest BCUT2D eigenvalue weighted by molar-refractivity contribution is 5.79. The number of fused-ring (bicyclic) bond motifs is 1. The molecule has 0 saturated heterocycles. The number of hydrogen-bond acceptors (Lipinski definition) is 3. The molecule has 3 rings (SSSR count). The predicted molar refractivity (Wildman–Crippen MR) is 97.6 cm³/mol. The summed E-state index contributed by atoms with van der Waals surface area (Å²) in [5.74, 6) is 2.31. The number of H-pyrrole nitrogens is 1. The Bertz CT molecular complexity index is 828. The van der Waals surface area contributed by atoms with E-state index in [0.29, 0.717) is 13.2 Å². The van der Waals surface area contributed by atoms with Crippen LogP contribution < -0.4 is 9.47 Å². The summed E-state index contributed by atoms with van der Waals surface area (Å²) in [6.45, 7) is 7.19. The summed E-state index contributed by atoms with van der Waals surface area (Å²) in [4.78, 5) is 7.98. The minimum absolute atomic E-state index is 0.534. The summed E-state index contributed by atoms with van der Waals surface area (Å²) in [5, 5.41) is 0. The van der Waals surface area contributed by atoms with Crippen LogP contribution in [-0.2, 0) is 0 Å². The molecular formula is C20H22N2O2. The van der Waals surface area contributed by atoms with Gasteiger partial charge in [0.2, 0.25) is 0 Å². The quantitative estimate of drug-likeness (QED) is 0.652. The Balaban J connectivity index is 1.91. The SMILES string of the molecule is CCOc1cc(-c2nc3ccccc3[nH]2)ccc1OCC=C(C)C. The second-order valence-electron chi connectivity index (χ2n) is 5.79. The van der Waals surface area contributed by atoms with Crippen LogP contribution in [0.4, 0.5) is 0 Å². The van der Waals surface area contributed by atoms with E-state index in [1.807, 2.05) is 55.5 Å². The summed E-state index contributed by atoms with van der Waals surface area (Å²) >= 11 is 0. The fourth-order valence-electron chi connectivity index (χ4n) is 2.43. The van der Waals surface area contributed by atoms with Crippen LogP contribution in [0, 0.1) is 0 Å². The molecule has 0 aliphatic rings. The molecule has 1 N–H and O–H groups in total. The molecule has 1 aromatic heterocycles. The molecule has 4 heteroatoms. The highest BCUT2D eigenvalue weighted by Crippen LogP contribution is 2.32. The van der Waals surface area contributed by atoms with Crippen molar-refractivity contribution in [2.75, 3.05) is 13.2 Å². The predicted octanol–water partition coefficient (Wildman–Crippen LogP) is 4.97. The third-order valence-electron chi connectivity index (χ3n) is 3.64. The minimum atomic E-state index is 0.534. The fraction of sp³-hybridized carbons (Fsp3) is 0.250. The Kier molecular flexibility index (Phi) is 4.85. The summed E-state index contributed by atoms with van der Waals surface area (Å²) in [7, 11) is 0. The molecular weight excluding hydrogens is 300 g/mol. The van der Waals surface area contributed by atoms with Gasteiger partial charge in [0.15, 0.2) is 11.5 Å². The maximum Gasteiger partial charge on any atom is 0.161 e. The number of hydrogen-bond donors (Lipinski definition) is 1. The lowest BCUT2D eigenvalue weighted by Gasteiger charge is -2.12. The normalized spacial score (nSPS) is 10.6. The average molecular weight is 322 g/mol. The molecule has 0 bridgehead atoms. The lowest BCUT2D eigenvalue weighted by molar-refractivity contribution is 0.296. The van der Waals surface area contributed by atoms with E-state index in [-0.39, 0.29) is 0 Å². The number of nitrogens with one attached hydrogen (secondary N) is 1. The van der Waals surface area contributed by atoms with E-state index in [2.05, 4.69) is 23.8 Å². The first kappa shape index (κ1) is 16.1. The van der Waals surface area contributed by atoms with Gasteiger partial charge in [0.05, 0.1) is 17.6 Å². The second kappa shape index (κ2) is 7.21. The number of nitrogens with zero attached hydrogens (tertiary/aromatic N) is 1. The third kappa shape index (κ3) is 3.59. The molecule has 24 heavy (non-hydrogen) atoms. The summed E-state index contributed by atoms with van der Waals surface area (Å²) < 4.78 is 11.6. The Morgan fingerprint density at radius 3 is 2.67 bits per heavy atom. The van der Waals surface area contributed by atoms with Gasteiger partial charge >= 0.3 is 0 Å². The topological polar surface area (TPSA) is 47.1 Å². The van der Waals surface area contributed by atoms with Crippen molar-refractivity contribution in [3.63, 3.8) is 0 Å². The molecule has 1 heterocycles. The molecule has 0 amide bonds. The Morgan fingerprint density at radius 2 is 1.92 bits per heavy atom. The number of benzene rings is 2. The van der Waals surface area contributed by atoms with Crippen LogP contribution in [-0.4, -0.2) is 23.2 Å². The van der Waals surface area contributed by atoms with Gasteiger partial charge in [-0.2, -0.15) is 0 Å². The second-order valence-corrected chi connectivity index (χ2v) is 5.79. The molecule has 0 saturated carbocycles. The number of imidazole rings is 1. The van der Waals surface area contributed by atoms with Gasteiger partial charge in [-0.05, 0) is 57.2 Å². The monoisotopic (exact) mass is 322 g/mol. The number of ether oxygens (including phenoxy) is 2. The lowest BCUT2D eigenvalue weighted by atomic mass is 10.2. The maximum absolute atomic E-state index is 5.82. The average Bonchev–Trinajstić information content (AvgIpc) is 3.00. The van der Waals surface area contributed by atoms with Crippen LogP contribution >= 0.6 is 0 Å². The number of rotatable bonds is 6. The number of para-hydroxylation sites is 2. The van der Waals surface area contributed by atoms with Gasteiger partial charge in [0, 0.05) is 5.56 Å². The fourth-order valence-corrected chi connectivity index (χ4v) is 2.43. The highest BCUT2D eigenvalue weighted by atomic mass is 16.5. The van der Waals surface area contributed by atoms with E-state index in [1.165, 1.54) is 5.57 Å². The zero-order chi connectivity index (χ0) is 16.9. The van der Waals surface area contributed by atoms with E-state index in [1.54, 1.807) is 0 Å². The third-order valence-corrected chi connectivity index (χ3v) is 3.64. The van der Waals surface area contributed by atoms with E-state index >= 15 is 0 Å². The van der Waals surface area contributed by atoms with Gasteiger partial charge < -0.3 is 14.5 Å². The van der Waals surface area contributed by atoms with Crippen LogP contribution in [0.15, 0.2) is 54.1 Å². The van der Waals surface area contributed by atoms with Crippen molar-refractivity contribution in [2.45, 2.75) is 20.8 Å². The zero-order valence-electron chi connectivity index (χ0n) is 14.3. The summed E-state index contributed by atoms with van der Waals surface area (Å²) in [6, 6.07) is 13.9.